The van der Waals surface area contributed by atoms with Crippen molar-refractivity contribution in [2.45, 2.75) is 20.4 Å². The zero-order valence-corrected chi connectivity index (χ0v) is 12.1. The first-order valence-electron chi connectivity index (χ1n) is 6.83. The van der Waals surface area contributed by atoms with Crippen molar-refractivity contribution in [1.29, 1.82) is 0 Å². The Morgan fingerprint density at radius 2 is 1.76 bits per heavy atom. The van der Waals surface area contributed by atoms with E-state index >= 15 is 0 Å². The third kappa shape index (κ3) is 2.50. The van der Waals surface area contributed by atoms with E-state index < -0.39 is 0 Å². The normalized spacial score (nSPS) is 10.8. The zero-order chi connectivity index (χ0) is 14.8. The largest absolute Gasteiger partial charge is 0.398 e. The van der Waals surface area contributed by atoms with Crippen LogP contribution in [-0.4, -0.2) is 20.2 Å². The maximum atomic E-state index is 6.10. The summed E-state index contributed by atoms with van der Waals surface area (Å²) in [6.45, 7) is 4.72. The standard InChI is InChI=1S/C16H17N5/c1-11-6-3-4-8-13(11)10-21-16(18-19-20-21)15-12(2)7-5-9-14(15)17/h3-9H,10,17H2,1-2H3. The molecule has 0 bridgehead atoms. The lowest BCUT2D eigenvalue weighted by molar-refractivity contribution is 0.651. The van der Waals surface area contributed by atoms with Crippen LogP contribution in [0, 0.1) is 13.8 Å². The molecule has 0 amide bonds. The molecule has 0 unspecified atom stereocenters. The maximum Gasteiger partial charge on any atom is 0.184 e. The summed E-state index contributed by atoms with van der Waals surface area (Å²) in [5, 5.41) is 12.1. The van der Waals surface area contributed by atoms with Crippen LogP contribution in [0.25, 0.3) is 11.4 Å². The number of benzene rings is 2. The van der Waals surface area contributed by atoms with Crippen LogP contribution in [0.15, 0.2) is 42.5 Å². The Morgan fingerprint density at radius 1 is 1.00 bits per heavy atom. The monoisotopic (exact) mass is 279 g/mol. The number of nitrogens with zero attached hydrogens (tertiary/aromatic N) is 4. The molecule has 3 aromatic rings. The van der Waals surface area contributed by atoms with Gasteiger partial charge in [-0.05, 0) is 47.0 Å². The van der Waals surface area contributed by atoms with Crippen molar-refractivity contribution in [3.63, 3.8) is 0 Å². The molecule has 2 N–H and O–H groups in total. The zero-order valence-electron chi connectivity index (χ0n) is 12.1. The number of rotatable bonds is 3. The number of nitrogen functional groups attached to an aromatic ring is 1. The summed E-state index contributed by atoms with van der Waals surface area (Å²) in [6.07, 6.45) is 0. The first kappa shape index (κ1) is 13.3. The van der Waals surface area contributed by atoms with Gasteiger partial charge in [0, 0.05) is 11.3 Å². The van der Waals surface area contributed by atoms with Crippen molar-refractivity contribution in [3.8, 4) is 11.4 Å². The Balaban J connectivity index is 2.04. The lowest BCUT2D eigenvalue weighted by atomic mass is 10.1. The van der Waals surface area contributed by atoms with Crippen LogP contribution in [0.5, 0.6) is 0 Å². The summed E-state index contributed by atoms with van der Waals surface area (Å²) in [5.74, 6) is 0.703. The number of nitrogens with two attached hydrogens (primary N) is 1. The number of aromatic nitrogens is 4. The molecular formula is C16H17N5. The van der Waals surface area contributed by atoms with E-state index in [-0.39, 0.29) is 0 Å². The molecule has 21 heavy (non-hydrogen) atoms. The second-order valence-electron chi connectivity index (χ2n) is 5.13. The van der Waals surface area contributed by atoms with Gasteiger partial charge in [0.15, 0.2) is 5.82 Å². The van der Waals surface area contributed by atoms with Gasteiger partial charge in [0.05, 0.1) is 6.54 Å². The highest BCUT2D eigenvalue weighted by Crippen LogP contribution is 2.27. The first-order valence-corrected chi connectivity index (χ1v) is 6.83. The summed E-state index contributed by atoms with van der Waals surface area (Å²) in [7, 11) is 0. The predicted octanol–water partition coefficient (Wildman–Crippen LogP) is 2.59. The SMILES string of the molecule is Cc1ccccc1Cn1nnnc1-c1c(C)cccc1N. The van der Waals surface area contributed by atoms with Gasteiger partial charge in [0.1, 0.15) is 0 Å². The van der Waals surface area contributed by atoms with Crippen molar-refractivity contribution in [1.82, 2.24) is 20.2 Å². The quantitative estimate of drug-likeness (QED) is 0.748. The molecule has 0 atom stereocenters. The summed E-state index contributed by atoms with van der Waals surface area (Å²) >= 11 is 0. The van der Waals surface area contributed by atoms with E-state index in [1.54, 1.807) is 4.68 Å². The van der Waals surface area contributed by atoms with Crippen LogP contribution in [0.4, 0.5) is 5.69 Å². The molecule has 2 aromatic carbocycles. The smallest absolute Gasteiger partial charge is 0.184 e. The van der Waals surface area contributed by atoms with Crippen LogP contribution in [0.1, 0.15) is 16.7 Å². The van der Waals surface area contributed by atoms with Gasteiger partial charge in [0.2, 0.25) is 0 Å². The third-order valence-corrected chi connectivity index (χ3v) is 3.64. The van der Waals surface area contributed by atoms with E-state index in [4.69, 9.17) is 5.73 Å². The predicted molar refractivity (Wildman–Crippen MR) is 82.7 cm³/mol. The molecule has 106 valence electrons. The highest BCUT2D eigenvalue weighted by atomic mass is 15.5. The van der Waals surface area contributed by atoms with Gasteiger partial charge >= 0.3 is 0 Å². The summed E-state index contributed by atoms with van der Waals surface area (Å²) in [4.78, 5) is 0. The molecule has 0 spiro atoms. The molecular weight excluding hydrogens is 262 g/mol. The molecule has 0 radical (unpaired) electrons. The number of hydrogen-bond acceptors (Lipinski definition) is 4. The Kier molecular flexibility index (Phi) is 3.39. The molecule has 0 aliphatic carbocycles. The number of tetrazole rings is 1. The van der Waals surface area contributed by atoms with E-state index in [1.807, 2.05) is 37.3 Å². The maximum absolute atomic E-state index is 6.10. The van der Waals surface area contributed by atoms with Crippen molar-refractivity contribution >= 4 is 5.69 Å². The fourth-order valence-electron chi connectivity index (χ4n) is 2.43. The van der Waals surface area contributed by atoms with Gasteiger partial charge in [-0.2, -0.15) is 0 Å². The third-order valence-electron chi connectivity index (χ3n) is 3.64. The van der Waals surface area contributed by atoms with E-state index in [2.05, 4.69) is 34.6 Å². The van der Waals surface area contributed by atoms with Crippen molar-refractivity contribution in [2.75, 3.05) is 5.73 Å². The van der Waals surface area contributed by atoms with E-state index in [0.29, 0.717) is 18.1 Å². The van der Waals surface area contributed by atoms with Crippen molar-refractivity contribution in [2.24, 2.45) is 0 Å². The Hall–Kier alpha value is -2.69. The fraction of sp³-hybridized carbons (Fsp3) is 0.188. The Labute approximate surface area is 123 Å². The molecule has 0 aliphatic heterocycles. The van der Waals surface area contributed by atoms with E-state index in [0.717, 1.165) is 11.1 Å². The minimum Gasteiger partial charge on any atom is -0.398 e. The summed E-state index contributed by atoms with van der Waals surface area (Å²) < 4.78 is 1.79. The number of aryl methyl sites for hydroxylation is 2. The van der Waals surface area contributed by atoms with Crippen LogP contribution in [-0.2, 0) is 6.54 Å². The number of anilines is 1. The minimum atomic E-state index is 0.628. The Morgan fingerprint density at radius 3 is 2.52 bits per heavy atom. The van der Waals surface area contributed by atoms with E-state index in [9.17, 15) is 0 Å². The van der Waals surface area contributed by atoms with Crippen LogP contribution in [0.3, 0.4) is 0 Å². The minimum absolute atomic E-state index is 0.628. The molecule has 0 saturated carbocycles. The van der Waals surface area contributed by atoms with Crippen LogP contribution in [0.2, 0.25) is 0 Å². The number of hydrogen-bond donors (Lipinski definition) is 1. The lowest BCUT2D eigenvalue weighted by Crippen LogP contribution is -2.07. The molecule has 5 heteroatoms. The van der Waals surface area contributed by atoms with Gasteiger partial charge in [-0.15, -0.1) is 5.10 Å². The molecule has 0 aliphatic rings. The molecule has 3 rings (SSSR count). The topological polar surface area (TPSA) is 69.6 Å². The lowest BCUT2D eigenvalue weighted by Gasteiger charge is -2.10. The summed E-state index contributed by atoms with van der Waals surface area (Å²) in [5.41, 5.74) is 11.2. The highest BCUT2D eigenvalue weighted by Gasteiger charge is 2.14. The van der Waals surface area contributed by atoms with Crippen molar-refractivity contribution < 1.29 is 0 Å². The van der Waals surface area contributed by atoms with Crippen LogP contribution >= 0.6 is 0 Å². The van der Waals surface area contributed by atoms with Gasteiger partial charge in [-0.3, -0.25) is 0 Å². The van der Waals surface area contributed by atoms with Gasteiger partial charge in [0.25, 0.3) is 0 Å². The van der Waals surface area contributed by atoms with Crippen LogP contribution < -0.4 is 5.73 Å². The highest BCUT2D eigenvalue weighted by molar-refractivity contribution is 5.74. The fourth-order valence-corrected chi connectivity index (χ4v) is 2.43. The van der Waals surface area contributed by atoms with Crippen molar-refractivity contribution in [3.05, 3.63) is 59.2 Å². The molecule has 1 heterocycles. The molecule has 0 saturated heterocycles. The molecule has 5 nitrogen and oxygen atoms in total. The average molecular weight is 279 g/mol. The molecule has 0 fully saturated rings. The first-order chi connectivity index (χ1) is 10.2. The van der Waals surface area contributed by atoms with E-state index in [1.165, 1.54) is 11.1 Å². The second kappa shape index (κ2) is 5.36. The average Bonchev–Trinajstić information content (AvgIpc) is 2.89. The van der Waals surface area contributed by atoms with Gasteiger partial charge in [-0.1, -0.05) is 36.4 Å². The van der Waals surface area contributed by atoms with Gasteiger partial charge in [-0.25, -0.2) is 4.68 Å². The second-order valence-corrected chi connectivity index (χ2v) is 5.13. The Bertz CT molecular complexity index is 756. The summed E-state index contributed by atoms with van der Waals surface area (Å²) in [6, 6.07) is 14.0. The molecule has 1 aromatic heterocycles. The van der Waals surface area contributed by atoms with Gasteiger partial charge < -0.3 is 5.73 Å².